The lowest BCUT2D eigenvalue weighted by molar-refractivity contribution is -0.137. The number of halogens is 4. The smallest absolute Gasteiger partial charge is 0.325 e. The highest BCUT2D eigenvalue weighted by Gasteiger charge is 2.33. The van der Waals surface area contributed by atoms with Crippen molar-refractivity contribution in [2.24, 2.45) is 0 Å². The number of pyridine rings is 1. The van der Waals surface area contributed by atoms with Crippen LogP contribution in [0.5, 0.6) is 0 Å². The van der Waals surface area contributed by atoms with Crippen molar-refractivity contribution >= 4 is 40.8 Å². The fraction of sp³-hybridized carbons (Fsp3) is 0.269. The van der Waals surface area contributed by atoms with Crippen molar-refractivity contribution in [2.45, 2.75) is 45.7 Å². The SMILES string of the molecule is Cc1cc(Nc2cc(C(C)(C)C)n[nH]2)nc(Cc2ccc(NC(=O)Nc3ccc(Cl)c(C(F)(F)F)c3)nc2)n1. The molecule has 4 aromatic rings. The van der Waals surface area contributed by atoms with Gasteiger partial charge in [-0.3, -0.25) is 10.4 Å². The Bertz CT molecular complexity index is 1480. The number of alkyl halides is 3. The van der Waals surface area contributed by atoms with Gasteiger partial charge < -0.3 is 10.6 Å². The summed E-state index contributed by atoms with van der Waals surface area (Å²) in [6.45, 7) is 8.10. The molecule has 0 bridgehead atoms. The maximum atomic E-state index is 13.1. The topological polar surface area (TPSA) is 121 Å². The molecular weight excluding hydrogens is 533 g/mol. The largest absolute Gasteiger partial charge is 0.417 e. The summed E-state index contributed by atoms with van der Waals surface area (Å²) >= 11 is 5.61. The quantitative estimate of drug-likeness (QED) is 0.205. The molecular formula is C26H26ClF3N8O. The monoisotopic (exact) mass is 558 g/mol. The number of benzene rings is 1. The minimum Gasteiger partial charge on any atom is -0.325 e. The molecule has 13 heteroatoms. The van der Waals surface area contributed by atoms with Crippen molar-refractivity contribution in [3.8, 4) is 0 Å². The van der Waals surface area contributed by atoms with E-state index in [0.29, 0.717) is 23.9 Å². The molecule has 204 valence electrons. The molecule has 3 aromatic heterocycles. The number of rotatable bonds is 6. The van der Waals surface area contributed by atoms with Crippen LogP contribution in [-0.2, 0) is 18.0 Å². The minimum atomic E-state index is -4.64. The summed E-state index contributed by atoms with van der Waals surface area (Å²) in [4.78, 5) is 25.5. The molecule has 0 atom stereocenters. The average Bonchev–Trinajstić information content (AvgIpc) is 3.30. The van der Waals surface area contributed by atoms with E-state index in [1.54, 1.807) is 18.3 Å². The van der Waals surface area contributed by atoms with Gasteiger partial charge in [-0.25, -0.2) is 19.7 Å². The van der Waals surface area contributed by atoms with E-state index < -0.39 is 22.8 Å². The van der Waals surface area contributed by atoms with Gasteiger partial charge in [0.25, 0.3) is 0 Å². The second-order valence-electron chi connectivity index (χ2n) is 9.85. The minimum absolute atomic E-state index is 0.0633. The third-order valence-electron chi connectivity index (χ3n) is 5.47. The molecule has 0 aliphatic rings. The van der Waals surface area contributed by atoms with Crippen LogP contribution in [0, 0.1) is 6.92 Å². The van der Waals surface area contributed by atoms with Crippen LogP contribution >= 0.6 is 11.6 Å². The van der Waals surface area contributed by atoms with Crippen LogP contribution in [0.15, 0.2) is 48.7 Å². The number of nitrogens with zero attached hydrogens (tertiary/aromatic N) is 4. The van der Waals surface area contributed by atoms with Gasteiger partial charge in [0.15, 0.2) is 0 Å². The van der Waals surface area contributed by atoms with E-state index in [1.807, 2.05) is 19.1 Å². The Balaban J connectivity index is 1.38. The van der Waals surface area contributed by atoms with Gasteiger partial charge in [0.2, 0.25) is 0 Å². The Hall–Kier alpha value is -4.19. The summed E-state index contributed by atoms with van der Waals surface area (Å²) < 4.78 is 39.2. The van der Waals surface area contributed by atoms with Crippen LogP contribution in [0.4, 0.5) is 41.1 Å². The zero-order valence-corrected chi connectivity index (χ0v) is 22.3. The first-order valence-electron chi connectivity index (χ1n) is 11.8. The molecule has 0 aliphatic carbocycles. The summed E-state index contributed by atoms with van der Waals surface area (Å²) in [7, 11) is 0. The van der Waals surface area contributed by atoms with Crippen LogP contribution in [0.1, 0.15) is 49.1 Å². The molecule has 1 aromatic carbocycles. The number of carbonyl (C=O) groups excluding carboxylic acids is 1. The Kier molecular flexibility index (Phi) is 7.77. The van der Waals surface area contributed by atoms with E-state index >= 15 is 0 Å². The normalized spacial score (nSPS) is 11.8. The Morgan fingerprint density at radius 3 is 2.41 bits per heavy atom. The summed E-state index contributed by atoms with van der Waals surface area (Å²) in [6, 6.07) is 9.43. The lowest BCUT2D eigenvalue weighted by atomic mass is 9.92. The number of aryl methyl sites for hydroxylation is 1. The first kappa shape index (κ1) is 27.8. The van der Waals surface area contributed by atoms with Crippen LogP contribution in [0.2, 0.25) is 5.02 Å². The molecule has 0 unspecified atom stereocenters. The van der Waals surface area contributed by atoms with Gasteiger partial charge in [-0.2, -0.15) is 18.3 Å². The number of hydrogen-bond donors (Lipinski definition) is 4. The van der Waals surface area contributed by atoms with Crippen molar-refractivity contribution in [1.29, 1.82) is 0 Å². The highest BCUT2D eigenvalue weighted by molar-refractivity contribution is 6.31. The molecule has 2 amide bonds. The number of nitrogens with one attached hydrogen (secondary N) is 4. The summed E-state index contributed by atoms with van der Waals surface area (Å²) in [5, 5.41) is 14.9. The fourth-order valence-electron chi connectivity index (χ4n) is 3.57. The number of aromatic amines is 1. The predicted octanol–water partition coefficient (Wildman–Crippen LogP) is 6.85. The third-order valence-corrected chi connectivity index (χ3v) is 5.80. The molecule has 0 aliphatic heterocycles. The van der Waals surface area contributed by atoms with E-state index in [9.17, 15) is 18.0 Å². The van der Waals surface area contributed by atoms with Gasteiger partial charge in [0.1, 0.15) is 23.3 Å². The van der Waals surface area contributed by atoms with Gasteiger partial charge in [-0.15, -0.1) is 0 Å². The summed E-state index contributed by atoms with van der Waals surface area (Å²) in [5.41, 5.74) is 1.29. The molecule has 4 N–H and O–H groups in total. The number of hydrogen-bond acceptors (Lipinski definition) is 6. The third kappa shape index (κ3) is 7.44. The molecule has 4 rings (SSSR count). The van der Waals surface area contributed by atoms with Crippen molar-refractivity contribution < 1.29 is 18.0 Å². The molecule has 0 saturated heterocycles. The van der Waals surface area contributed by atoms with Crippen LogP contribution in [-0.4, -0.2) is 31.2 Å². The molecule has 9 nitrogen and oxygen atoms in total. The van der Waals surface area contributed by atoms with Gasteiger partial charge >= 0.3 is 12.2 Å². The highest BCUT2D eigenvalue weighted by Crippen LogP contribution is 2.36. The van der Waals surface area contributed by atoms with Crippen molar-refractivity contribution in [1.82, 2.24) is 25.1 Å². The van der Waals surface area contributed by atoms with Gasteiger partial charge in [0, 0.05) is 41.5 Å². The molecule has 0 fully saturated rings. The second-order valence-corrected chi connectivity index (χ2v) is 10.3. The number of amides is 2. The lowest BCUT2D eigenvalue weighted by Gasteiger charge is -2.13. The standard InChI is InChI=1S/C26H26ClF3N8O/c1-14-9-21(35-23-12-19(37-38-23)25(2,3)4)34-22(32-14)10-15-5-8-20(31-13-15)36-24(39)33-16-6-7-18(27)17(11-16)26(28,29)30/h5-9,11-13H,10H2,1-4H3,(H2,31,33,36,39)(H2,32,34,35,37,38). The van der Waals surface area contributed by atoms with Gasteiger partial charge in [0.05, 0.1) is 16.3 Å². The zero-order chi connectivity index (χ0) is 28.4. The fourth-order valence-corrected chi connectivity index (χ4v) is 3.79. The average molecular weight is 559 g/mol. The number of urea groups is 1. The number of H-pyrrole nitrogens is 1. The highest BCUT2D eigenvalue weighted by atomic mass is 35.5. The first-order chi connectivity index (χ1) is 18.3. The van der Waals surface area contributed by atoms with E-state index in [0.717, 1.165) is 29.1 Å². The van der Waals surface area contributed by atoms with Crippen molar-refractivity contribution in [3.05, 3.63) is 82.0 Å². The Morgan fingerprint density at radius 2 is 1.77 bits per heavy atom. The maximum Gasteiger partial charge on any atom is 0.417 e. The van der Waals surface area contributed by atoms with Crippen LogP contribution in [0.25, 0.3) is 0 Å². The number of aromatic nitrogens is 5. The van der Waals surface area contributed by atoms with Crippen LogP contribution < -0.4 is 16.0 Å². The van der Waals surface area contributed by atoms with Crippen molar-refractivity contribution in [3.63, 3.8) is 0 Å². The van der Waals surface area contributed by atoms with Gasteiger partial charge in [-0.1, -0.05) is 38.4 Å². The lowest BCUT2D eigenvalue weighted by Crippen LogP contribution is -2.20. The zero-order valence-electron chi connectivity index (χ0n) is 21.5. The molecule has 3 heterocycles. The predicted molar refractivity (Wildman–Crippen MR) is 143 cm³/mol. The Labute approximate surface area is 227 Å². The first-order valence-corrected chi connectivity index (χ1v) is 12.2. The molecule has 0 saturated carbocycles. The molecule has 0 radical (unpaired) electrons. The van der Waals surface area contributed by atoms with E-state index in [4.69, 9.17) is 11.6 Å². The molecule has 0 spiro atoms. The summed E-state index contributed by atoms with van der Waals surface area (Å²) in [5.74, 6) is 2.10. The molecule has 39 heavy (non-hydrogen) atoms. The maximum absolute atomic E-state index is 13.1. The van der Waals surface area contributed by atoms with Crippen molar-refractivity contribution in [2.75, 3.05) is 16.0 Å². The van der Waals surface area contributed by atoms with E-state index in [2.05, 4.69) is 61.9 Å². The second kappa shape index (κ2) is 10.9. The van der Waals surface area contributed by atoms with E-state index in [1.165, 1.54) is 6.07 Å². The summed E-state index contributed by atoms with van der Waals surface area (Å²) in [6.07, 6.45) is -2.70. The van der Waals surface area contributed by atoms with Gasteiger partial charge in [-0.05, 0) is 36.8 Å². The number of carbonyl (C=O) groups is 1. The number of anilines is 4. The van der Waals surface area contributed by atoms with E-state index in [-0.39, 0.29) is 16.9 Å². The Morgan fingerprint density at radius 1 is 1.00 bits per heavy atom. The van der Waals surface area contributed by atoms with Crippen LogP contribution in [0.3, 0.4) is 0 Å².